The van der Waals surface area contributed by atoms with E-state index in [1.807, 2.05) is 0 Å². The molecule has 6 heteroatoms. The number of carbonyl (C=O) groups is 2. The zero-order valence-electron chi connectivity index (χ0n) is 5.68. The maximum absolute atomic E-state index is 10.5. The van der Waals surface area contributed by atoms with Crippen LogP contribution in [0.3, 0.4) is 0 Å². The second kappa shape index (κ2) is 1.78. The minimum absolute atomic E-state index is 0.367. The van der Waals surface area contributed by atoms with Gasteiger partial charge in [0, 0.05) is 6.08 Å². The van der Waals surface area contributed by atoms with Crippen molar-refractivity contribution >= 4 is 11.9 Å². The van der Waals surface area contributed by atoms with Crippen molar-refractivity contribution in [1.29, 1.82) is 0 Å². The topological polar surface area (TPSA) is 96.4 Å². The second-order valence-corrected chi connectivity index (χ2v) is 2.45. The highest BCUT2D eigenvalue weighted by molar-refractivity contribution is 5.89. The van der Waals surface area contributed by atoms with Crippen LogP contribution < -0.4 is 0 Å². The van der Waals surface area contributed by atoms with E-state index < -0.39 is 23.8 Å². The van der Waals surface area contributed by atoms with Gasteiger partial charge in [0.2, 0.25) is 5.76 Å². The highest BCUT2D eigenvalue weighted by Gasteiger charge is 2.70. The summed E-state index contributed by atoms with van der Waals surface area (Å²) in [5.74, 6) is -4.70. The molecule has 1 saturated heterocycles. The van der Waals surface area contributed by atoms with Crippen LogP contribution >= 0.6 is 0 Å². The molecule has 2 aliphatic rings. The first-order chi connectivity index (χ1) is 5.56. The number of ether oxygens (including phenoxy) is 2. The molecule has 0 saturated carbocycles. The lowest BCUT2D eigenvalue weighted by molar-refractivity contribution is -0.162. The molecule has 0 aromatic heterocycles. The molecule has 12 heavy (non-hydrogen) atoms. The first-order valence-electron chi connectivity index (χ1n) is 3.11. The first kappa shape index (κ1) is 7.11. The molecule has 0 spiro atoms. The van der Waals surface area contributed by atoms with Crippen LogP contribution in [0.1, 0.15) is 0 Å². The summed E-state index contributed by atoms with van der Waals surface area (Å²) < 4.78 is 9.21. The SMILES string of the molecule is O=C(O)C1=CC2OC2(C(=O)O)O1. The molecule has 0 aliphatic carbocycles. The Kier molecular flexibility index (Phi) is 1.05. The standard InChI is InChI=1S/C6H4O6/c7-4(8)2-1-3-6(11-2,12-3)5(9)10/h1,3H,(H,7,8)(H,9,10). The molecule has 0 amide bonds. The molecular formula is C6H4O6. The predicted octanol–water partition coefficient (Wildman–Crippen LogP) is -0.835. The maximum atomic E-state index is 10.5. The Bertz CT molecular complexity index is 305. The normalized spacial score (nSPS) is 36.3. The third-order valence-electron chi connectivity index (χ3n) is 1.69. The van der Waals surface area contributed by atoms with Crippen LogP contribution in [0.4, 0.5) is 0 Å². The first-order valence-corrected chi connectivity index (χ1v) is 3.11. The number of fused-ring (bicyclic) bond motifs is 1. The van der Waals surface area contributed by atoms with Gasteiger partial charge in [-0.2, -0.15) is 0 Å². The lowest BCUT2D eigenvalue weighted by atomic mass is 10.3. The number of epoxide rings is 1. The molecule has 6 nitrogen and oxygen atoms in total. The summed E-state index contributed by atoms with van der Waals surface area (Å²) in [6.45, 7) is 0. The van der Waals surface area contributed by atoms with E-state index >= 15 is 0 Å². The van der Waals surface area contributed by atoms with Gasteiger partial charge in [-0.3, -0.25) is 0 Å². The molecule has 0 aromatic carbocycles. The molecule has 0 radical (unpaired) electrons. The van der Waals surface area contributed by atoms with Gasteiger partial charge in [0.05, 0.1) is 0 Å². The average Bonchev–Trinajstić information content (AvgIpc) is 2.55. The monoisotopic (exact) mass is 172 g/mol. The van der Waals surface area contributed by atoms with Gasteiger partial charge in [-0.15, -0.1) is 0 Å². The van der Waals surface area contributed by atoms with E-state index in [0.717, 1.165) is 6.08 Å². The van der Waals surface area contributed by atoms with Crippen LogP contribution in [0.25, 0.3) is 0 Å². The highest BCUT2D eigenvalue weighted by atomic mass is 16.8. The van der Waals surface area contributed by atoms with Crippen molar-refractivity contribution in [1.82, 2.24) is 0 Å². The summed E-state index contributed by atoms with van der Waals surface area (Å²) in [6.07, 6.45) is 0.386. The summed E-state index contributed by atoms with van der Waals surface area (Å²) in [5, 5.41) is 16.9. The fourth-order valence-electron chi connectivity index (χ4n) is 1.05. The molecule has 2 aliphatic heterocycles. The number of hydrogen-bond donors (Lipinski definition) is 2. The lowest BCUT2D eigenvalue weighted by Gasteiger charge is -2.05. The molecule has 0 bridgehead atoms. The summed E-state index contributed by atoms with van der Waals surface area (Å²) in [4.78, 5) is 20.7. The molecule has 0 aromatic rings. The molecule has 2 heterocycles. The van der Waals surface area contributed by atoms with Crippen LogP contribution in [0, 0.1) is 0 Å². The second-order valence-electron chi connectivity index (χ2n) is 2.45. The Balaban J connectivity index is 2.19. The molecule has 2 rings (SSSR count). The van der Waals surface area contributed by atoms with Crippen molar-refractivity contribution in [2.75, 3.05) is 0 Å². The number of hydrogen-bond acceptors (Lipinski definition) is 4. The Hall–Kier alpha value is -1.56. The van der Waals surface area contributed by atoms with E-state index in [2.05, 4.69) is 9.47 Å². The number of carboxylic acids is 2. The van der Waals surface area contributed by atoms with Crippen LogP contribution in [0.5, 0.6) is 0 Å². The van der Waals surface area contributed by atoms with Crippen LogP contribution in [0.2, 0.25) is 0 Å². The highest BCUT2D eigenvalue weighted by Crippen LogP contribution is 2.46. The molecule has 2 unspecified atom stereocenters. The zero-order valence-corrected chi connectivity index (χ0v) is 5.68. The van der Waals surface area contributed by atoms with Gasteiger partial charge in [-0.1, -0.05) is 0 Å². The Labute approximate surface area is 66.0 Å². The number of aliphatic carboxylic acids is 2. The maximum Gasteiger partial charge on any atom is 0.380 e. The summed E-state index contributed by atoms with van der Waals surface area (Å²) in [6, 6.07) is 0. The van der Waals surface area contributed by atoms with Crippen molar-refractivity contribution < 1.29 is 29.3 Å². The number of carboxylic acid groups (broad SMARTS) is 2. The van der Waals surface area contributed by atoms with Crippen LogP contribution in [-0.2, 0) is 19.1 Å². The van der Waals surface area contributed by atoms with Crippen molar-refractivity contribution in [3.05, 3.63) is 11.8 Å². The van der Waals surface area contributed by atoms with Crippen molar-refractivity contribution in [3.8, 4) is 0 Å². The van der Waals surface area contributed by atoms with E-state index in [-0.39, 0.29) is 5.76 Å². The molecule has 64 valence electrons. The van der Waals surface area contributed by atoms with E-state index in [4.69, 9.17) is 10.2 Å². The van der Waals surface area contributed by atoms with E-state index in [1.54, 1.807) is 0 Å². The molecular weight excluding hydrogens is 168 g/mol. The molecule has 1 fully saturated rings. The van der Waals surface area contributed by atoms with E-state index in [9.17, 15) is 9.59 Å². The fraction of sp³-hybridized carbons (Fsp3) is 0.333. The van der Waals surface area contributed by atoms with Gasteiger partial charge in [-0.25, -0.2) is 9.59 Å². The van der Waals surface area contributed by atoms with E-state index in [1.165, 1.54) is 0 Å². The third-order valence-corrected chi connectivity index (χ3v) is 1.69. The third kappa shape index (κ3) is 0.668. The predicted molar refractivity (Wildman–Crippen MR) is 32.0 cm³/mol. The Morgan fingerprint density at radius 2 is 2.17 bits per heavy atom. The average molecular weight is 172 g/mol. The molecule has 2 N–H and O–H groups in total. The quantitative estimate of drug-likeness (QED) is 0.527. The van der Waals surface area contributed by atoms with Gasteiger partial charge >= 0.3 is 17.7 Å². The Morgan fingerprint density at radius 1 is 1.50 bits per heavy atom. The van der Waals surface area contributed by atoms with E-state index in [0.29, 0.717) is 0 Å². The van der Waals surface area contributed by atoms with Crippen molar-refractivity contribution in [2.45, 2.75) is 11.9 Å². The van der Waals surface area contributed by atoms with Crippen molar-refractivity contribution in [2.24, 2.45) is 0 Å². The van der Waals surface area contributed by atoms with Crippen LogP contribution in [-0.4, -0.2) is 34.0 Å². The van der Waals surface area contributed by atoms with Gasteiger partial charge in [-0.05, 0) is 0 Å². The zero-order chi connectivity index (χ0) is 8.93. The summed E-state index contributed by atoms with van der Waals surface area (Å²) in [7, 11) is 0. The minimum atomic E-state index is -1.74. The van der Waals surface area contributed by atoms with Gasteiger partial charge in [0.25, 0.3) is 0 Å². The smallest absolute Gasteiger partial charge is 0.380 e. The lowest BCUT2D eigenvalue weighted by Crippen LogP contribution is -2.27. The number of rotatable bonds is 2. The fourth-order valence-corrected chi connectivity index (χ4v) is 1.05. The molecule has 2 atom stereocenters. The van der Waals surface area contributed by atoms with Crippen molar-refractivity contribution in [3.63, 3.8) is 0 Å². The summed E-state index contributed by atoms with van der Waals surface area (Å²) >= 11 is 0. The van der Waals surface area contributed by atoms with Gasteiger partial charge in [0.1, 0.15) is 0 Å². The van der Waals surface area contributed by atoms with Gasteiger partial charge < -0.3 is 19.7 Å². The van der Waals surface area contributed by atoms with Crippen LogP contribution in [0.15, 0.2) is 11.8 Å². The minimum Gasteiger partial charge on any atom is -0.476 e. The summed E-state index contributed by atoms with van der Waals surface area (Å²) in [5.41, 5.74) is 0. The Morgan fingerprint density at radius 3 is 2.50 bits per heavy atom. The largest absolute Gasteiger partial charge is 0.476 e. The van der Waals surface area contributed by atoms with Gasteiger partial charge in [0.15, 0.2) is 6.10 Å².